The summed E-state index contributed by atoms with van der Waals surface area (Å²) in [5, 5.41) is 19.4. The number of nitrogens with two attached hydrogens (primary N) is 1. The van der Waals surface area contributed by atoms with E-state index in [1.165, 1.54) is 22.1 Å². The molecule has 11 nitrogen and oxygen atoms in total. The molecule has 13 heteroatoms. The number of nitro groups is 1. The van der Waals surface area contributed by atoms with Crippen molar-refractivity contribution in [3.8, 4) is 0 Å². The van der Waals surface area contributed by atoms with E-state index in [4.69, 9.17) is 10.3 Å². The summed E-state index contributed by atoms with van der Waals surface area (Å²) in [6, 6.07) is 0. The molecule has 0 bridgehead atoms. The molecule has 2 aromatic rings. The van der Waals surface area contributed by atoms with Crippen LogP contribution in [-0.4, -0.2) is 43.9 Å². The molecule has 0 unspecified atom stereocenters. The molecule has 22 heavy (non-hydrogen) atoms. The van der Waals surface area contributed by atoms with Gasteiger partial charge < -0.3 is 15.8 Å². The minimum atomic E-state index is -3.67. The molecule has 122 valence electrons. The number of nitrogen functional groups attached to an aromatic ring is 1. The Bertz CT molecular complexity index is 744. The van der Waals surface area contributed by atoms with Gasteiger partial charge in [0, 0.05) is 13.3 Å². The van der Waals surface area contributed by atoms with Crippen LogP contribution in [0.4, 0.5) is 10.9 Å². The van der Waals surface area contributed by atoms with Crippen molar-refractivity contribution in [2.45, 2.75) is 19.9 Å². The number of nitrogens with zero attached hydrogens (tertiary/aromatic N) is 5. The van der Waals surface area contributed by atoms with Crippen LogP contribution >= 0.6 is 11.3 Å². The van der Waals surface area contributed by atoms with E-state index >= 15 is 0 Å². The van der Waals surface area contributed by atoms with Gasteiger partial charge in [0.25, 0.3) is 10.1 Å². The molecule has 0 aliphatic carbocycles. The van der Waals surface area contributed by atoms with Crippen LogP contribution in [0, 0.1) is 17.0 Å². The second-order valence-electron chi connectivity index (χ2n) is 4.09. The van der Waals surface area contributed by atoms with E-state index in [0.717, 1.165) is 5.01 Å². The van der Waals surface area contributed by atoms with Crippen LogP contribution in [0.15, 0.2) is 6.20 Å². The van der Waals surface area contributed by atoms with Crippen LogP contribution in [-0.2, 0) is 23.1 Å². The fourth-order valence-corrected chi connectivity index (χ4v) is 2.05. The highest BCUT2D eigenvalue weighted by Gasteiger charge is 2.17. The van der Waals surface area contributed by atoms with Crippen LogP contribution in [0.25, 0.3) is 0 Å². The van der Waals surface area contributed by atoms with Gasteiger partial charge in [0.1, 0.15) is 11.2 Å². The highest BCUT2D eigenvalue weighted by Crippen LogP contribution is 2.17. The number of aryl methyl sites for hydroxylation is 2. The van der Waals surface area contributed by atoms with Crippen molar-refractivity contribution in [2.75, 3.05) is 12.0 Å². The molecule has 0 atom stereocenters. The van der Waals surface area contributed by atoms with E-state index in [1.54, 1.807) is 6.92 Å². The first kappa shape index (κ1) is 17.9. The largest absolute Gasteiger partial charge is 0.374 e. The van der Waals surface area contributed by atoms with Gasteiger partial charge in [-0.05, 0) is 4.92 Å². The van der Waals surface area contributed by atoms with Gasteiger partial charge in [0.05, 0.1) is 12.8 Å². The van der Waals surface area contributed by atoms with Crippen LogP contribution in [0.3, 0.4) is 0 Å². The van der Waals surface area contributed by atoms with Gasteiger partial charge in [0.2, 0.25) is 5.13 Å². The molecule has 0 spiro atoms. The summed E-state index contributed by atoms with van der Waals surface area (Å²) in [5.41, 5.74) is 5.45. The molecule has 0 aromatic carbocycles. The summed E-state index contributed by atoms with van der Waals surface area (Å²) in [6.45, 7) is 2.16. The van der Waals surface area contributed by atoms with E-state index in [0.29, 0.717) is 30.2 Å². The first-order chi connectivity index (χ1) is 10.1. The third-order valence-corrected chi connectivity index (χ3v) is 3.07. The second kappa shape index (κ2) is 7.24. The number of imidazole rings is 1. The number of hydrogen-bond acceptors (Lipinski definition) is 9. The monoisotopic (exact) mass is 350 g/mol. The normalized spacial score (nSPS) is 10.9. The lowest BCUT2D eigenvalue weighted by Gasteiger charge is -2.00. The summed E-state index contributed by atoms with van der Waals surface area (Å²) in [6.07, 6.45) is 2.52. The van der Waals surface area contributed by atoms with E-state index < -0.39 is 15.0 Å². The lowest BCUT2D eigenvalue weighted by Crippen LogP contribution is -2.07. The van der Waals surface area contributed by atoms with Gasteiger partial charge in [-0.15, -0.1) is 10.2 Å². The molecule has 0 aliphatic heterocycles. The zero-order valence-electron chi connectivity index (χ0n) is 11.7. The Labute approximate surface area is 129 Å². The molecule has 0 amide bonds. The minimum absolute atomic E-state index is 0.0139. The van der Waals surface area contributed by atoms with E-state index in [-0.39, 0.29) is 5.82 Å². The maximum absolute atomic E-state index is 10.7. The summed E-state index contributed by atoms with van der Waals surface area (Å²) >= 11 is 1.28. The predicted octanol–water partition coefficient (Wildman–Crippen LogP) is 0.280. The topological polar surface area (TPSA) is 167 Å². The highest BCUT2D eigenvalue weighted by molar-refractivity contribution is 7.85. The standard InChI is InChI=1S/C8H10N6O2S.CH4O3S/c1-5-10-4-7(14(15)16)13(5)3-2-6-11-12-8(9)17-6;1-5(2,3)4/h4H,2-3H2,1H3,(H2,9,12);1H3,(H,2,3,4). The molecule has 0 saturated carbocycles. The average Bonchev–Trinajstić information content (AvgIpc) is 2.91. The van der Waals surface area contributed by atoms with Crippen molar-refractivity contribution < 1.29 is 17.9 Å². The third-order valence-electron chi connectivity index (χ3n) is 2.25. The predicted molar refractivity (Wildman–Crippen MR) is 79.1 cm³/mol. The first-order valence-electron chi connectivity index (χ1n) is 5.74. The third kappa shape index (κ3) is 6.11. The Morgan fingerprint density at radius 3 is 2.55 bits per heavy atom. The molecule has 2 heterocycles. The summed E-state index contributed by atoms with van der Waals surface area (Å²) in [7, 11) is -3.67. The van der Waals surface area contributed by atoms with Gasteiger partial charge in [-0.3, -0.25) is 4.55 Å². The van der Waals surface area contributed by atoms with E-state index in [9.17, 15) is 18.5 Å². The zero-order chi connectivity index (χ0) is 16.9. The smallest absolute Gasteiger partial charge is 0.342 e. The molecule has 2 rings (SSSR count). The van der Waals surface area contributed by atoms with Crippen molar-refractivity contribution in [1.29, 1.82) is 0 Å². The van der Waals surface area contributed by atoms with Gasteiger partial charge in [0.15, 0.2) is 5.82 Å². The van der Waals surface area contributed by atoms with Crippen molar-refractivity contribution in [1.82, 2.24) is 19.7 Å². The molecule has 0 saturated heterocycles. The summed E-state index contributed by atoms with van der Waals surface area (Å²) in [4.78, 5) is 14.2. The van der Waals surface area contributed by atoms with Gasteiger partial charge in [-0.25, -0.2) is 9.55 Å². The average molecular weight is 350 g/mol. The zero-order valence-corrected chi connectivity index (χ0v) is 13.3. The number of anilines is 1. The van der Waals surface area contributed by atoms with E-state index in [1.807, 2.05) is 0 Å². The van der Waals surface area contributed by atoms with Crippen molar-refractivity contribution >= 4 is 32.4 Å². The van der Waals surface area contributed by atoms with Gasteiger partial charge in [-0.1, -0.05) is 11.3 Å². The van der Waals surface area contributed by atoms with Crippen molar-refractivity contribution in [2.24, 2.45) is 0 Å². The molecular formula is C9H14N6O5S2. The van der Waals surface area contributed by atoms with Crippen molar-refractivity contribution in [3.63, 3.8) is 0 Å². The maximum Gasteiger partial charge on any atom is 0.342 e. The molecule has 3 N–H and O–H groups in total. The number of rotatable bonds is 4. The Hall–Kier alpha value is -2.12. The summed E-state index contributed by atoms with van der Waals surface area (Å²) in [5.74, 6) is 0.592. The Morgan fingerprint density at radius 1 is 1.50 bits per heavy atom. The number of hydrogen-bond donors (Lipinski definition) is 2. The Kier molecular flexibility index (Phi) is 5.90. The maximum atomic E-state index is 10.7. The minimum Gasteiger partial charge on any atom is -0.374 e. The molecule has 0 fully saturated rings. The van der Waals surface area contributed by atoms with E-state index in [2.05, 4.69) is 15.2 Å². The fraction of sp³-hybridized carbons (Fsp3) is 0.444. The van der Waals surface area contributed by atoms with Gasteiger partial charge >= 0.3 is 5.82 Å². The molecule has 2 aromatic heterocycles. The molecule has 0 radical (unpaired) electrons. The Morgan fingerprint density at radius 2 is 2.09 bits per heavy atom. The fourth-order valence-electron chi connectivity index (χ4n) is 1.45. The lowest BCUT2D eigenvalue weighted by atomic mass is 10.4. The van der Waals surface area contributed by atoms with Crippen LogP contribution in [0.1, 0.15) is 10.8 Å². The SMILES string of the molecule is CS(=O)(=O)O.Cc1ncc([N+](=O)[O-])n1CCc1nnc(N)s1. The second-order valence-corrected chi connectivity index (χ2v) is 6.65. The highest BCUT2D eigenvalue weighted by atomic mass is 32.2. The molecule has 0 aliphatic rings. The molecular weight excluding hydrogens is 336 g/mol. The first-order valence-corrected chi connectivity index (χ1v) is 8.41. The van der Waals surface area contributed by atoms with Crippen LogP contribution < -0.4 is 5.73 Å². The van der Waals surface area contributed by atoms with Crippen LogP contribution in [0.2, 0.25) is 0 Å². The van der Waals surface area contributed by atoms with Gasteiger partial charge in [-0.2, -0.15) is 8.42 Å². The Balaban J connectivity index is 0.000000422. The number of aromatic nitrogens is 4. The van der Waals surface area contributed by atoms with Crippen LogP contribution in [0.5, 0.6) is 0 Å². The van der Waals surface area contributed by atoms with Crippen molar-refractivity contribution in [3.05, 3.63) is 27.1 Å². The summed E-state index contributed by atoms with van der Waals surface area (Å²) < 4.78 is 27.4. The quantitative estimate of drug-likeness (QED) is 0.447. The lowest BCUT2D eigenvalue weighted by molar-refractivity contribution is -0.392.